The molecule has 2 heterocycles. The fourth-order valence-electron chi connectivity index (χ4n) is 2.19. The highest BCUT2D eigenvalue weighted by atomic mass is 16.4. The van der Waals surface area contributed by atoms with Gasteiger partial charge < -0.3 is 4.42 Å². The molecule has 0 fully saturated rings. The van der Waals surface area contributed by atoms with Gasteiger partial charge in [-0.3, -0.25) is 4.98 Å². The number of nitrogens with zero attached hydrogens (tertiary/aromatic N) is 1. The van der Waals surface area contributed by atoms with Crippen molar-refractivity contribution < 1.29 is 4.42 Å². The maximum atomic E-state index is 11.9. The summed E-state index contributed by atoms with van der Waals surface area (Å²) in [4.78, 5) is 16.4. The first kappa shape index (κ1) is 10.0. The monoisotopic (exact) mass is 225 g/mol. The number of rotatable bonds is 0. The van der Waals surface area contributed by atoms with E-state index in [-0.39, 0.29) is 5.63 Å². The van der Waals surface area contributed by atoms with Crippen LogP contribution in [0.2, 0.25) is 0 Å². The van der Waals surface area contributed by atoms with Crippen molar-refractivity contribution in [2.24, 2.45) is 0 Å². The SMILES string of the molecule is Cc1cc(C)c2c(=O)oc3ccccc3c2n1. The van der Waals surface area contributed by atoms with Crippen molar-refractivity contribution in [3.63, 3.8) is 0 Å². The van der Waals surface area contributed by atoms with Crippen molar-refractivity contribution in [2.75, 3.05) is 0 Å². The van der Waals surface area contributed by atoms with E-state index in [0.717, 1.165) is 22.2 Å². The molecule has 3 heteroatoms. The number of hydrogen-bond donors (Lipinski definition) is 0. The standard InChI is InChI=1S/C14H11NO2/c1-8-7-9(2)15-13-10-5-3-4-6-11(10)17-14(16)12(8)13/h3-7H,1-2H3. The summed E-state index contributed by atoms with van der Waals surface area (Å²) in [6.45, 7) is 3.83. The molecule has 0 aliphatic carbocycles. The van der Waals surface area contributed by atoms with Crippen LogP contribution >= 0.6 is 0 Å². The van der Waals surface area contributed by atoms with E-state index >= 15 is 0 Å². The molecule has 3 aromatic rings. The van der Waals surface area contributed by atoms with Crippen LogP contribution in [-0.4, -0.2) is 4.98 Å². The second kappa shape index (κ2) is 3.42. The minimum absolute atomic E-state index is 0.316. The molecule has 0 bridgehead atoms. The van der Waals surface area contributed by atoms with Gasteiger partial charge in [0, 0.05) is 11.1 Å². The van der Waals surface area contributed by atoms with E-state index in [1.54, 1.807) is 6.07 Å². The number of benzene rings is 1. The lowest BCUT2D eigenvalue weighted by Crippen LogP contribution is -2.04. The fraction of sp³-hybridized carbons (Fsp3) is 0.143. The van der Waals surface area contributed by atoms with Gasteiger partial charge in [0.05, 0.1) is 10.9 Å². The van der Waals surface area contributed by atoms with E-state index in [2.05, 4.69) is 4.98 Å². The quantitative estimate of drug-likeness (QED) is 0.436. The van der Waals surface area contributed by atoms with E-state index < -0.39 is 0 Å². The molecule has 0 radical (unpaired) electrons. The second-order valence-corrected chi connectivity index (χ2v) is 4.19. The summed E-state index contributed by atoms with van der Waals surface area (Å²) in [6, 6.07) is 9.37. The summed E-state index contributed by atoms with van der Waals surface area (Å²) in [7, 11) is 0. The lowest BCUT2D eigenvalue weighted by atomic mass is 10.1. The van der Waals surface area contributed by atoms with Crippen molar-refractivity contribution in [3.05, 3.63) is 52.0 Å². The van der Waals surface area contributed by atoms with E-state index in [1.165, 1.54) is 0 Å². The van der Waals surface area contributed by atoms with Crippen molar-refractivity contribution in [1.82, 2.24) is 4.98 Å². The maximum absolute atomic E-state index is 11.9. The molecule has 1 aromatic carbocycles. The smallest absolute Gasteiger partial charge is 0.346 e. The number of aryl methyl sites for hydroxylation is 2. The molecule has 0 aliphatic rings. The number of para-hydroxylation sites is 1. The molecule has 0 amide bonds. The Morgan fingerprint density at radius 2 is 1.94 bits per heavy atom. The highest BCUT2D eigenvalue weighted by Gasteiger charge is 2.10. The predicted octanol–water partition coefficient (Wildman–Crippen LogP) is 2.96. The first-order valence-corrected chi connectivity index (χ1v) is 5.46. The highest BCUT2D eigenvalue weighted by Crippen LogP contribution is 2.23. The molecule has 2 aromatic heterocycles. The van der Waals surface area contributed by atoms with Gasteiger partial charge in [0.15, 0.2) is 0 Å². The van der Waals surface area contributed by atoms with Crippen LogP contribution in [0.5, 0.6) is 0 Å². The van der Waals surface area contributed by atoms with Gasteiger partial charge in [-0.2, -0.15) is 0 Å². The van der Waals surface area contributed by atoms with Gasteiger partial charge in [0.2, 0.25) is 0 Å². The zero-order valence-corrected chi connectivity index (χ0v) is 9.65. The molecular formula is C14H11NO2. The summed E-state index contributed by atoms with van der Waals surface area (Å²) >= 11 is 0. The molecule has 3 rings (SSSR count). The molecule has 17 heavy (non-hydrogen) atoms. The predicted molar refractivity (Wildman–Crippen MR) is 67.3 cm³/mol. The van der Waals surface area contributed by atoms with Crippen molar-refractivity contribution in [3.8, 4) is 0 Å². The Bertz CT molecular complexity index is 787. The third-order valence-electron chi connectivity index (χ3n) is 2.89. The Morgan fingerprint density at radius 3 is 2.76 bits per heavy atom. The molecule has 0 saturated heterocycles. The summed E-state index contributed by atoms with van der Waals surface area (Å²) in [5, 5.41) is 1.46. The van der Waals surface area contributed by atoms with Gasteiger partial charge in [-0.25, -0.2) is 4.79 Å². The zero-order chi connectivity index (χ0) is 12.0. The Hall–Kier alpha value is -2.16. The van der Waals surface area contributed by atoms with Crippen LogP contribution in [-0.2, 0) is 0 Å². The highest BCUT2D eigenvalue weighted by molar-refractivity contribution is 6.02. The molecule has 84 valence electrons. The van der Waals surface area contributed by atoms with Crippen molar-refractivity contribution in [1.29, 1.82) is 0 Å². The Morgan fingerprint density at radius 1 is 1.18 bits per heavy atom. The van der Waals surface area contributed by atoms with Crippen LogP contribution in [0, 0.1) is 13.8 Å². The van der Waals surface area contributed by atoms with Crippen LogP contribution in [0.3, 0.4) is 0 Å². The number of fused-ring (bicyclic) bond motifs is 3. The van der Waals surface area contributed by atoms with E-state index in [1.807, 2.05) is 38.1 Å². The lowest BCUT2D eigenvalue weighted by molar-refractivity contribution is 0.569. The first-order valence-electron chi connectivity index (χ1n) is 5.46. The summed E-state index contributed by atoms with van der Waals surface area (Å²) < 4.78 is 5.30. The van der Waals surface area contributed by atoms with E-state index in [9.17, 15) is 4.79 Å². The van der Waals surface area contributed by atoms with Gasteiger partial charge in [-0.15, -0.1) is 0 Å². The average molecular weight is 225 g/mol. The summed E-state index contributed by atoms with van der Waals surface area (Å²) in [6.07, 6.45) is 0. The van der Waals surface area contributed by atoms with Gasteiger partial charge in [0.25, 0.3) is 0 Å². The molecule has 0 atom stereocenters. The molecule has 0 spiro atoms. The van der Waals surface area contributed by atoms with Gasteiger partial charge in [0.1, 0.15) is 5.58 Å². The molecule has 0 N–H and O–H groups in total. The number of pyridine rings is 1. The number of hydrogen-bond acceptors (Lipinski definition) is 3. The minimum atomic E-state index is -0.316. The van der Waals surface area contributed by atoms with Gasteiger partial charge in [-0.05, 0) is 37.6 Å². The van der Waals surface area contributed by atoms with Crippen LogP contribution in [0.15, 0.2) is 39.5 Å². The van der Waals surface area contributed by atoms with Crippen LogP contribution in [0.25, 0.3) is 21.9 Å². The largest absolute Gasteiger partial charge is 0.422 e. The molecule has 3 nitrogen and oxygen atoms in total. The van der Waals surface area contributed by atoms with Gasteiger partial charge in [-0.1, -0.05) is 12.1 Å². The fourth-order valence-corrected chi connectivity index (χ4v) is 2.19. The van der Waals surface area contributed by atoms with E-state index in [0.29, 0.717) is 11.0 Å². The zero-order valence-electron chi connectivity index (χ0n) is 9.65. The molecule has 0 unspecified atom stereocenters. The average Bonchev–Trinajstić information content (AvgIpc) is 2.28. The summed E-state index contributed by atoms with van der Waals surface area (Å²) in [5.74, 6) is 0. The molecule has 0 aliphatic heterocycles. The van der Waals surface area contributed by atoms with Crippen LogP contribution in [0.4, 0.5) is 0 Å². The Labute approximate surface area is 97.7 Å². The van der Waals surface area contributed by atoms with Crippen LogP contribution in [0.1, 0.15) is 11.3 Å². The van der Waals surface area contributed by atoms with Crippen molar-refractivity contribution >= 4 is 21.9 Å². The molecular weight excluding hydrogens is 214 g/mol. The van der Waals surface area contributed by atoms with E-state index in [4.69, 9.17) is 4.42 Å². The topological polar surface area (TPSA) is 43.1 Å². The van der Waals surface area contributed by atoms with Gasteiger partial charge >= 0.3 is 5.63 Å². The minimum Gasteiger partial charge on any atom is -0.422 e. The third-order valence-corrected chi connectivity index (χ3v) is 2.89. The third kappa shape index (κ3) is 1.43. The molecule has 0 saturated carbocycles. The lowest BCUT2D eigenvalue weighted by Gasteiger charge is -2.05. The maximum Gasteiger partial charge on any atom is 0.346 e. The second-order valence-electron chi connectivity index (χ2n) is 4.19. The van der Waals surface area contributed by atoms with Crippen molar-refractivity contribution in [2.45, 2.75) is 13.8 Å². The first-order chi connectivity index (χ1) is 8.16. The normalized spacial score (nSPS) is 11.2. The Balaban J connectivity index is 2.70. The number of aromatic nitrogens is 1. The Kier molecular flexibility index (Phi) is 2.01. The van der Waals surface area contributed by atoms with Crippen LogP contribution < -0.4 is 5.63 Å². The summed E-state index contributed by atoms with van der Waals surface area (Å²) in [5.41, 5.74) is 2.82.